The molecule has 0 fully saturated rings. The van der Waals surface area contributed by atoms with Crippen molar-refractivity contribution in [2.24, 2.45) is 10.1 Å². The average Bonchev–Trinajstić information content (AvgIpc) is 3.12. The molecule has 0 saturated heterocycles. The summed E-state index contributed by atoms with van der Waals surface area (Å²) in [6.07, 6.45) is -0.0279. The summed E-state index contributed by atoms with van der Waals surface area (Å²) in [4.78, 5) is 5.75. The molecule has 0 aliphatic carbocycles. The van der Waals surface area contributed by atoms with Gasteiger partial charge >= 0.3 is 0 Å². The van der Waals surface area contributed by atoms with Crippen LogP contribution in [0.2, 0.25) is 10.0 Å². The van der Waals surface area contributed by atoms with Gasteiger partial charge in [0.2, 0.25) is 20.0 Å². The van der Waals surface area contributed by atoms with Gasteiger partial charge in [0.1, 0.15) is 17.3 Å². The Morgan fingerprint density at radius 3 is 2.38 bits per heavy atom. The molecule has 1 aliphatic heterocycles. The first-order valence-corrected chi connectivity index (χ1v) is 14.7. The van der Waals surface area contributed by atoms with E-state index >= 15 is 0 Å². The van der Waals surface area contributed by atoms with Crippen molar-refractivity contribution < 1.29 is 21.9 Å². The molecule has 3 aromatic rings. The molecule has 5 N–H and O–H groups in total. The van der Waals surface area contributed by atoms with E-state index in [1.54, 1.807) is 43.3 Å². The number of benzene rings is 2. The molecular formula is C21H23Cl2N7O5S2. The highest BCUT2D eigenvalue weighted by molar-refractivity contribution is 7.92. The molecule has 0 bridgehead atoms. The Hall–Kier alpha value is -2.88. The Labute approximate surface area is 223 Å². The highest BCUT2D eigenvalue weighted by atomic mass is 35.5. The van der Waals surface area contributed by atoms with Crippen LogP contribution in [0.15, 0.2) is 46.3 Å². The topological polar surface area (TPSA) is 172 Å². The second kappa shape index (κ2) is 9.78. The summed E-state index contributed by atoms with van der Waals surface area (Å²) >= 11 is 12.8. The molecule has 0 radical (unpaired) electrons. The lowest BCUT2D eigenvalue weighted by Gasteiger charge is -2.22. The molecular weight excluding hydrogens is 565 g/mol. The number of nitrogens with zero attached hydrogens (tertiary/aromatic N) is 4. The number of hydrogen-bond acceptors (Lipinski definition) is 9. The number of aromatic nitrogens is 2. The van der Waals surface area contributed by atoms with E-state index < -0.39 is 26.3 Å². The summed E-state index contributed by atoms with van der Waals surface area (Å²) in [6.45, 7) is 0. The predicted molar refractivity (Wildman–Crippen MR) is 144 cm³/mol. The highest BCUT2D eigenvalue weighted by Gasteiger charge is 2.32. The fourth-order valence-electron chi connectivity index (χ4n) is 3.80. The van der Waals surface area contributed by atoms with E-state index in [0.717, 1.165) is 18.4 Å². The minimum atomic E-state index is -4.06. The Morgan fingerprint density at radius 1 is 1.16 bits per heavy atom. The van der Waals surface area contributed by atoms with Crippen LogP contribution in [0.4, 0.5) is 17.3 Å². The van der Waals surface area contributed by atoms with Crippen molar-refractivity contribution in [3.63, 3.8) is 0 Å². The number of halogens is 2. The SMILES string of the molecule is CN(C)c1nn(-c2c(Cl)cc(S(N)(=O)=O)cc2Cl)c2c1C(O)N=C(Cc1cccc(NS(C)(=O)=O)c1)N2. The van der Waals surface area contributed by atoms with Crippen LogP contribution in [-0.2, 0) is 26.5 Å². The van der Waals surface area contributed by atoms with E-state index in [2.05, 4.69) is 20.1 Å². The van der Waals surface area contributed by atoms with Crippen molar-refractivity contribution in [1.29, 1.82) is 0 Å². The summed E-state index contributed by atoms with van der Waals surface area (Å²) in [5.74, 6) is 1.05. The molecule has 2 heterocycles. The van der Waals surface area contributed by atoms with Gasteiger partial charge in [-0.2, -0.15) is 0 Å². The van der Waals surface area contributed by atoms with E-state index in [1.165, 1.54) is 4.68 Å². The van der Waals surface area contributed by atoms with Crippen molar-refractivity contribution in [2.75, 3.05) is 35.3 Å². The number of aliphatic hydroxyl groups is 1. The fraction of sp³-hybridized carbons (Fsp3) is 0.238. The van der Waals surface area contributed by atoms with Gasteiger partial charge in [0.05, 0.1) is 26.8 Å². The maximum atomic E-state index is 11.8. The van der Waals surface area contributed by atoms with Gasteiger partial charge in [0.25, 0.3) is 0 Å². The normalized spacial score (nSPS) is 15.5. The molecule has 1 atom stereocenters. The van der Waals surface area contributed by atoms with Gasteiger partial charge < -0.3 is 15.3 Å². The highest BCUT2D eigenvalue weighted by Crippen LogP contribution is 2.41. The quantitative estimate of drug-likeness (QED) is 0.326. The first-order valence-electron chi connectivity index (χ1n) is 10.5. The van der Waals surface area contributed by atoms with Crippen LogP contribution >= 0.6 is 23.2 Å². The molecule has 12 nitrogen and oxygen atoms in total. The zero-order valence-electron chi connectivity index (χ0n) is 19.8. The van der Waals surface area contributed by atoms with Gasteiger partial charge in [-0.15, -0.1) is 5.10 Å². The zero-order valence-corrected chi connectivity index (χ0v) is 22.9. The molecule has 1 aliphatic rings. The average molecular weight is 588 g/mol. The molecule has 1 aromatic heterocycles. The molecule has 37 heavy (non-hydrogen) atoms. The number of nitrogens with two attached hydrogens (primary N) is 1. The van der Waals surface area contributed by atoms with Crippen molar-refractivity contribution >= 4 is 66.4 Å². The van der Waals surface area contributed by atoms with Crippen LogP contribution in [0.25, 0.3) is 5.69 Å². The van der Waals surface area contributed by atoms with Crippen LogP contribution in [0, 0.1) is 0 Å². The van der Waals surface area contributed by atoms with E-state index in [9.17, 15) is 21.9 Å². The molecule has 198 valence electrons. The number of primary sulfonamides is 1. The van der Waals surface area contributed by atoms with Gasteiger partial charge in [-0.25, -0.2) is 31.6 Å². The summed E-state index contributed by atoms with van der Waals surface area (Å²) in [7, 11) is -4.07. The van der Waals surface area contributed by atoms with Crippen molar-refractivity contribution in [3.8, 4) is 5.69 Å². The lowest BCUT2D eigenvalue weighted by molar-refractivity contribution is 0.188. The molecule has 4 rings (SSSR count). The summed E-state index contributed by atoms with van der Waals surface area (Å²) in [5, 5.41) is 23.8. The number of fused-ring (bicyclic) bond motifs is 1. The monoisotopic (exact) mass is 587 g/mol. The number of nitrogens with one attached hydrogen (secondary N) is 2. The van der Waals surface area contributed by atoms with Crippen LogP contribution in [0.5, 0.6) is 0 Å². The van der Waals surface area contributed by atoms with Gasteiger partial charge in [-0.3, -0.25) is 4.72 Å². The maximum absolute atomic E-state index is 11.8. The van der Waals surface area contributed by atoms with Crippen LogP contribution in [0.3, 0.4) is 0 Å². The van der Waals surface area contributed by atoms with E-state index in [1.807, 2.05) is 0 Å². The van der Waals surface area contributed by atoms with Crippen LogP contribution in [-0.4, -0.2) is 57.9 Å². The number of amidine groups is 1. The molecule has 0 amide bonds. The first kappa shape index (κ1) is 27.2. The van der Waals surface area contributed by atoms with Crippen LogP contribution < -0.4 is 20.1 Å². The Kier molecular flexibility index (Phi) is 7.18. The van der Waals surface area contributed by atoms with Crippen molar-refractivity contribution in [2.45, 2.75) is 17.5 Å². The van der Waals surface area contributed by atoms with Gasteiger partial charge in [0, 0.05) is 26.2 Å². The van der Waals surface area contributed by atoms with Gasteiger partial charge in [-0.1, -0.05) is 35.3 Å². The lowest BCUT2D eigenvalue weighted by Crippen LogP contribution is -2.24. The minimum absolute atomic E-state index is 0.0352. The molecule has 2 aromatic carbocycles. The third kappa shape index (κ3) is 5.84. The summed E-state index contributed by atoms with van der Waals surface area (Å²) in [6, 6.07) is 9.06. The molecule has 1 unspecified atom stereocenters. The number of aliphatic hydroxyl groups excluding tert-OH is 1. The number of sulfonamides is 2. The number of hydrogen-bond donors (Lipinski definition) is 4. The van der Waals surface area contributed by atoms with Crippen molar-refractivity contribution in [3.05, 3.63) is 57.6 Å². The van der Waals surface area contributed by atoms with Gasteiger partial charge in [0.15, 0.2) is 12.0 Å². The van der Waals surface area contributed by atoms with E-state index in [-0.39, 0.29) is 27.0 Å². The molecule has 16 heteroatoms. The maximum Gasteiger partial charge on any atom is 0.238 e. The number of anilines is 3. The predicted octanol–water partition coefficient (Wildman–Crippen LogP) is 2.32. The molecule has 0 saturated carbocycles. The third-order valence-corrected chi connectivity index (χ3v) is 7.33. The Balaban J connectivity index is 1.77. The largest absolute Gasteiger partial charge is 0.368 e. The van der Waals surface area contributed by atoms with Gasteiger partial charge in [-0.05, 0) is 29.8 Å². The zero-order chi connectivity index (χ0) is 27.3. The third-order valence-electron chi connectivity index (χ3n) is 5.26. The smallest absolute Gasteiger partial charge is 0.238 e. The minimum Gasteiger partial charge on any atom is -0.368 e. The molecule has 0 spiro atoms. The second-order valence-corrected chi connectivity index (χ2v) is 12.6. The summed E-state index contributed by atoms with van der Waals surface area (Å²) in [5.41, 5.74) is 1.61. The lowest BCUT2D eigenvalue weighted by atomic mass is 10.1. The number of aliphatic imine (C=N–C) groups is 1. The second-order valence-electron chi connectivity index (χ2n) is 8.50. The standard InChI is InChI=1S/C21H23Cl2N7O5S2/c1-29(2)20-17-19(30(27-20)18-14(22)9-13(10-15(18)23)37(24,34)35)25-16(26-21(17)31)8-11-5-4-6-12(7-11)28-36(3,32)33/h4-7,9-10,21,28,31H,8H2,1-3H3,(H,25,26)(H2,24,34,35). The first-order chi connectivity index (χ1) is 17.1. The Morgan fingerprint density at radius 2 is 1.81 bits per heavy atom. The van der Waals surface area contributed by atoms with E-state index in [0.29, 0.717) is 34.3 Å². The van der Waals surface area contributed by atoms with E-state index in [4.69, 9.17) is 28.3 Å². The van der Waals surface area contributed by atoms with Crippen molar-refractivity contribution in [1.82, 2.24) is 9.78 Å². The fourth-order valence-corrected chi connectivity index (χ4v) is 5.70. The Bertz CT molecular complexity index is 1610. The van der Waals surface area contributed by atoms with Crippen LogP contribution in [0.1, 0.15) is 17.4 Å². The summed E-state index contributed by atoms with van der Waals surface area (Å²) < 4.78 is 50.6. The number of rotatable bonds is 7.